The van der Waals surface area contributed by atoms with Gasteiger partial charge in [-0.15, -0.1) is 0 Å². The first-order valence-corrected chi connectivity index (χ1v) is 36.1. The quantitative estimate of drug-likeness (QED) is 0.0195. The van der Waals surface area contributed by atoms with Crippen molar-refractivity contribution in [3.63, 3.8) is 0 Å². The maximum atomic E-state index is 13.0. The standard InChI is InChI=1S/C74H135NO10/c1-3-5-7-9-11-13-14-15-16-17-29-33-36-39-42-46-50-54-58-62-70(79)83-63-59-55-51-47-43-40-37-34-31-28-26-24-22-20-18-19-21-23-25-27-30-32-35-38-41-45-49-53-57-61-69(78)75-66(67(77)60-56-52-48-44-12-10-8-6-4-2)65-84-74-73(82)72(81)71(80)68(64-76)85-74/h12,15-16,18,20,24,26,44,56,60,66-68,71-74,76-77,80-82H,3-11,13-14,17,19,21-23,25,27-43,45-55,57-59,61-65H2,1-2H3,(H,75,78)/b16-15-,20-18-,26-24-,44-12+,60-56+. The van der Waals surface area contributed by atoms with Crippen molar-refractivity contribution in [3.8, 4) is 0 Å². The van der Waals surface area contributed by atoms with Crippen LogP contribution in [-0.2, 0) is 23.8 Å². The second-order valence-corrected chi connectivity index (χ2v) is 24.9. The van der Waals surface area contributed by atoms with Crippen molar-refractivity contribution in [2.75, 3.05) is 19.8 Å². The Hall–Kier alpha value is -2.64. The summed E-state index contributed by atoms with van der Waals surface area (Å²) < 4.78 is 16.7. The number of allylic oxidation sites excluding steroid dienone is 9. The maximum absolute atomic E-state index is 13.0. The molecule has 7 atom stereocenters. The molecule has 1 amide bonds. The fourth-order valence-electron chi connectivity index (χ4n) is 11.1. The summed E-state index contributed by atoms with van der Waals surface area (Å²) in [5.41, 5.74) is 0. The van der Waals surface area contributed by atoms with E-state index < -0.39 is 49.5 Å². The van der Waals surface area contributed by atoms with Gasteiger partial charge in [0.05, 0.1) is 32.0 Å². The van der Waals surface area contributed by atoms with Gasteiger partial charge in [0.1, 0.15) is 24.4 Å². The van der Waals surface area contributed by atoms with Crippen LogP contribution in [0.15, 0.2) is 60.8 Å². The van der Waals surface area contributed by atoms with E-state index in [2.05, 4.69) is 67.8 Å². The molecule has 1 rings (SSSR count). The number of aliphatic hydroxyl groups excluding tert-OH is 5. The molecule has 0 aliphatic carbocycles. The van der Waals surface area contributed by atoms with Gasteiger partial charge in [-0.2, -0.15) is 0 Å². The van der Waals surface area contributed by atoms with Crippen molar-refractivity contribution in [2.24, 2.45) is 0 Å². The number of aliphatic hydroxyl groups is 5. The molecular formula is C74H135NO10. The SMILES string of the molecule is CCCCC/C=C/CC/C=C/C(O)C(COC1OC(CO)C(O)C(O)C1O)NC(=O)CCCCCCCCCCCCCCC/C=C\C/C=C\CCCCCCCCCCCOC(=O)CCCCCCCCCCC/C=C\CCCCCCCC. The minimum absolute atomic E-state index is 0.00246. The number of amides is 1. The number of unbranched alkanes of at least 4 members (excludes halogenated alkanes) is 41. The van der Waals surface area contributed by atoms with Crippen molar-refractivity contribution in [2.45, 2.75) is 378 Å². The van der Waals surface area contributed by atoms with Gasteiger partial charge in [0.2, 0.25) is 5.91 Å². The molecule has 1 aliphatic rings. The summed E-state index contributed by atoms with van der Waals surface area (Å²) in [4.78, 5) is 25.1. The van der Waals surface area contributed by atoms with Gasteiger partial charge in [0.15, 0.2) is 6.29 Å². The lowest BCUT2D eigenvalue weighted by atomic mass is 9.99. The van der Waals surface area contributed by atoms with Crippen LogP contribution in [0.3, 0.4) is 0 Å². The molecule has 0 bridgehead atoms. The van der Waals surface area contributed by atoms with Crippen LogP contribution in [0, 0.1) is 0 Å². The van der Waals surface area contributed by atoms with E-state index in [1.54, 1.807) is 6.08 Å². The fourth-order valence-corrected chi connectivity index (χ4v) is 11.1. The van der Waals surface area contributed by atoms with E-state index in [1.165, 1.54) is 244 Å². The Kier molecular flexibility index (Phi) is 59.5. The summed E-state index contributed by atoms with van der Waals surface area (Å²) in [5.74, 6) is -0.193. The zero-order valence-electron chi connectivity index (χ0n) is 55.1. The molecule has 1 fully saturated rings. The van der Waals surface area contributed by atoms with E-state index in [-0.39, 0.29) is 18.5 Å². The van der Waals surface area contributed by atoms with Gasteiger partial charge in [0.25, 0.3) is 0 Å². The van der Waals surface area contributed by atoms with Gasteiger partial charge >= 0.3 is 5.97 Å². The second kappa shape index (κ2) is 62.9. The molecule has 6 N–H and O–H groups in total. The number of carbonyl (C=O) groups is 2. The minimum Gasteiger partial charge on any atom is -0.466 e. The number of hydrogen-bond donors (Lipinski definition) is 6. The van der Waals surface area contributed by atoms with Crippen LogP contribution >= 0.6 is 0 Å². The van der Waals surface area contributed by atoms with Gasteiger partial charge in [-0.3, -0.25) is 9.59 Å². The first kappa shape index (κ1) is 80.4. The third kappa shape index (κ3) is 51.9. The number of esters is 1. The monoisotopic (exact) mass is 1200 g/mol. The Bertz CT molecular complexity index is 1600. The number of hydrogen-bond acceptors (Lipinski definition) is 10. The highest BCUT2D eigenvalue weighted by molar-refractivity contribution is 5.76. The van der Waals surface area contributed by atoms with Gasteiger partial charge in [0, 0.05) is 12.8 Å². The molecule has 496 valence electrons. The van der Waals surface area contributed by atoms with Crippen LogP contribution in [0.2, 0.25) is 0 Å². The van der Waals surface area contributed by atoms with Crippen LogP contribution in [0.5, 0.6) is 0 Å². The fraction of sp³-hybridized carbons (Fsp3) is 0.838. The van der Waals surface area contributed by atoms with Crippen LogP contribution in [0.25, 0.3) is 0 Å². The highest BCUT2D eigenvalue weighted by Gasteiger charge is 2.44. The first-order valence-electron chi connectivity index (χ1n) is 36.1. The van der Waals surface area contributed by atoms with Crippen molar-refractivity contribution in [3.05, 3.63) is 60.8 Å². The summed E-state index contributed by atoms with van der Waals surface area (Å²) >= 11 is 0. The third-order valence-electron chi connectivity index (χ3n) is 16.8. The summed E-state index contributed by atoms with van der Waals surface area (Å²) in [6.07, 6.45) is 73.8. The normalized spacial score (nSPS) is 18.3. The van der Waals surface area contributed by atoms with Gasteiger partial charge in [-0.1, -0.05) is 280 Å². The smallest absolute Gasteiger partial charge is 0.305 e. The summed E-state index contributed by atoms with van der Waals surface area (Å²) in [6.45, 7) is 4.29. The molecule has 0 aromatic heterocycles. The van der Waals surface area contributed by atoms with Crippen LogP contribution in [0.4, 0.5) is 0 Å². The molecule has 7 unspecified atom stereocenters. The van der Waals surface area contributed by atoms with Crippen LogP contribution in [0.1, 0.15) is 335 Å². The van der Waals surface area contributed by atoms with E-state index in [1.807, 2.05) is 6.08 Å². The molecular weight excluding hydrogens is 1060 g/mol. The summed E-state index contributed by atoms with van der Waals surface area (Å²) in [6, 6.07) is -0.828. The van der Waals surface area contributed by atoms with Gasteiger partial charge in [-0.05, 0) is 103 Å². The average molecular weight is 1200 g/mol. The van der Waals surface area contributed by atoms with Crippen molar-refractivity contribution >= 4 is 11.9 Å². The lowest BCUT2D eigenvalue weighted by Gasteiger charge is -2.40. The van der Waals surface area contributed by atoms with Crippen LogP contribution < -0.4 is 5.32 Å². The molecule has 0 spiro atoms. The predicted octanol–water partition coefficient (Wildman–Crippen LogP) is 18.5. The molecule has 0 radical (unpaired) electrons. The highest BCUT2D eigenvalue weighted by Crippen LogP contribution is 2.23. The van der Waals surface area contributed by atoms with Crippen molar-refractivity contribution in [1.82, 2.24) is 5.32 Å². The molecule has 1 heterocycles. The Morgan fingerprint density at radius 2 is 0.800 bits per heavy atom. The van der Waals surface area contributed by atoms with E-state index in [0.29, 0.717) is 19.4 Å². The lowest BCUT2D eigenvalue weighted by Crippen LogP contribution is -2.60. The summed E-state index contributed by atoms with van der Waals surface area (Å²) in [7, 11) is 0. The Labute approximate surface area is 522 Å². The second-order valence-electron chi connectivity index (χ2n) is 24.9. The zero-order chi connectivity index (χ0) is 61.6. The van der Waals surface area contributed by atoms with Gasteiger partial charge in [-0.25, -0.2) is 0 Å². The minimum atomic E-state index is -1.58. The Balaban J connectivity index is 1.92. The molecule has 0 aromatic rings. The van der Waals surface area contributed by atoms with E-state index in [9.17, 15) is 35.1 Å². The topological polar surface area (TPSA) is 175 Å². The van der Waals surface area contributed by atoms with Crippen molar-refractivity contribution in [1.29, 1.82) is 0 Å². The van der Waals surface area contributed by atoms with Gasteiger partial charge < -0.3 is 45.1 Å². The molecule has 85 heavy (non-hydrogen) atoms. The Morgan fingerprint density at radius 3 is 1.26 bits per heavy atom. The van der Waals surface area contributed by atoms with Crippen molar-refractivity contribution < 1.29 is 49.3 Å². The maximum Gasteiger partial charge on any atom is 0.305 e. The van der Waals surface area contributed by atoms with E-state index in [0.717, 1.165) is 64.2 Å². The number of rotatable bonds is 63. The lowest BCUT2D eigenvalue weighted by molar-refractivity contribution is -0.302. The molecule has 1 aliphatic heterocycles. The first-order chi connectivity index (χ1) is 41.7. The number of carbonyl (C=O) groups excluding carboxylic acids is 2. The molecule has 1 saturated heterocycles. The molecule has 0 saturated carbocycles. The van der Waals surface area contributed by atoms with Crippen LogP contribution in [-0.4, -0.2) is 100 Å². The van der Waals surface area contributed by atoms with E-state index in [4.69, 9.17) is 14.2 Å². The van der Waals surface area contributed by atoms with E-state index >= 15 is 0 Å². The third-order valence-corrected chi connectivity index (χ3v) is 16.8. The predicted molar refractivity (Wildman–Crippen MR) is 357 cm³/mol. The number of nitrogens with one attached hydrogen (secondary N) is 1. The molecule has 11 heteroatoms. The molecule has 0 aromatic carbocycles. The average Bonchev–Trinajstić information content (AvgIpc) is 3.66. The summed E-state index contributed by atoms with van der Waals surface area (Å²) in [5, 5.41) is 54.2. The largest absolute Gasteiger partial charge is 0.466 e. The highest BCUT2D eigenvalue weighted by atomic mass is 16.7. The number of ether oxygens (including phenoxy) is 3. The molecule has 11 nitrogen and oxygen atoms in total. The zero-order valence-corrected chi connectivity index (χ0v) is 55.1. The Morgan fingerprint density at radius 1 is 0.435 bits per heavy atom.